The average Bonchev–Trinajstić information content (AvgIpc) is 2.49. The summed E-state index contributed by atoms with van der Waals surface area (Å²) in [7, 11) is 0. The van der Waals surface area contributed by atoms with Crippen LogP contribution in [0.15, 0.2) is 42.6 Å². The zero-order chi connectivity index (χ0) is 9.26. The van der Waals surface area contributed by atoms with Gasteiger partial charge < -0.3 is 9.64 Å². The summed E-state index contributed by atoms with van der Waals surface area (Å²) >= 11 is 0. The molecule has 1 aromatic rings. The molecule has 0 atom stereocenters. The lowest BCUT2D eigenvalue weighted by molar-refractivity contribution is -0.135. The molecule has 2 rings (SSSR count). The van der Waals surface area contributed by atoms with E-state index in [4.69, 9.17) is 4.74 Å². The van der Waals surface area contributed by atoms with Crippen molar-refractivity contribution in [2.45, 2.75) is 0 Å². The molecule has 0 aromatic heterocycles. The molecule has 1 fully saturated rings. The van der Waals surface area contributed by atoms with Crippen molar-refractivity contribution < 1.29 is 9.53 Å². The Kier molecular flexibility index (Phi) is 1.77. The van der Waals surface area contributed by atoms with Crippen LogP contribution in [-0.4, -0.2) is 12.7 Å². The van der Waals surface area contributed by atoms with Gasteiger partial charge in [-0.3, -0.25) is 0 Å². The lowest BCUT2D eigenvalue weighted by Crippen LogP contribution is -2.16. The standard InChI is InChI=1S/C10H9NO2/c1-8-10(12)13-7-11(8)9-5-3-2-4-6-9/h2-6H,1,7H2. The molecule has 0 aliphatic carbocycles. The number of hydrogen-bond donors (Lipinski definition) is 0. The molecule has 1 heterocycles. The summed E-state index contributed by atoms with van der Waals surface area (Å²) in [6.07, 6.45) is 0. The van der Waals surface area contributed by atoms with Crippen LogP contribution in [0.4, 0.5) is 5.69 Å². The van der Waals surface area contributed by atoms with Crippen LogP contribution in [0, 0.1) is 0 Å². The van der Waals surface area contributed by atoms with Gasteiger partial charge in [0, 0.05) is 5.69 Å². The van der Waals surface area contributed by atoms with Crippen molar-refractivity contribution in [1.82, 2.24) is 0 Å². The first-order valence-corrected chi connectivity index (χ1v) is 3.97. The molecule has 1 saturated heterocycles. The van der Waals surface area contributed by atoms with Crippen molar-refractivity contribution in [2.75, 3.05) is 11.6 Å². The highest BCUT2D eigenvalue weighted by Gasteiger charge is 2.25. The molecule has 1 aromatic carbocycles. The number of hydrogen-bond acceptors (Lipinski definition) is 3. The number of benzene rings is 1. The lowest BCUT2D eigenvalue weighted by atomic mass is 10.3. The van der Waals surface area contributed by atoms with Gasteiger partial charge in [-0.2, -0.15) is 0 Å². The second kappa shape index (κ2) is 2.94. The van der Waals surface area contributed by atoms with Crippen molar-refractivity contribution in [2.24, 2.45) is 0 Å². The molecule has 3 heteroatoms. The zero-order valence-corrected chi connectivity index (χ0v) is 7.06. The molecule has 0 unspecified atom stereocenters. The van der Waals surface area contributed by atoms with Crippen LogP contribution in [0.25, 0.3) is 0 Å². The van der Waals surface area contributed by atoms with Crippen molar-refractivity contribution in [3.05, 3.63) is 42.6 Å². The summed E-state index contributed by atoms with van der Waals surface area (Å²) < 4.78 is 4.82. The molecular formula is C10H9NO2. The molecule has 0 bridgehead atoms. The smallest absolute Gasteiger partial charge is 0.356 e. The Morgan fingerprint density at radius 1 is 1.31 bits per heavy atom. The van der Waals surface area contributed by atoms with Gasteiger partial charge >= 0.3 is 5.97 Å². The normalized spacial score (nSPS) is 16.2. The lowest BCUT2D eigenvalue weighted by Gasteiger charge is -2.14. The first-order chi connectivity index (χ1) is 6.29. The summed E-state index contributed by atoms with van der Waals surface area (Å²) in [5, 5.41) is 0. The molecule has 0 amide bonds. The van der Waals surface area contributed by atoms with E-state index < -0.39 is 0 Å². The fourth-order valence-corrected chi connectivity index (χ4v) is 1.23. The monoisotopic (exact) mass is 175 g/mol. The number of ether oxygens (including phenoxy) is 1. The number of cyclic esters (lactones) is 1. The average molecular weight is 175 g/mol. The molecule has 3 nitrogen and oxygen atoms in total. The van der Waals surface area contributed by atoms with E-state index in [1.807, 2.05) is 30.3 Å². The Hall–Kier alpha value is -1.77. The summed E-state index contributed by atoms with van der Waals surface area (Å²) in [6.45, 7) is 3.91. The molecule has 1 aliphatic rings. The third-order valence-corrected chi connectivity index (χ3v) is 1.95. The summed E-state index contributed by atoms with van der Waals surface area (Å²) in [4.78, 5) is 12.7. The Morgan fingerprint density at radius 3 is 2.54 bits per heavy atom. The van der Waals surface area contributed by atoms with Gasteiger partial charge in [-0.25, -0.2) is 4.79 Å². The second-order valence-corrected chi connectivity index (χ2v) is 2.77. The van der Waals surface area contributed by atoms with Crippen LogP contribution >= 0.6 is 0 Å². The van der Waals surface area contributed by atoms with Crippen molar-refractivity contribution in [3.8, 4) is 0 Å². The topological polar surface area (TPSA) is 29.5 Å². The van der Waals surface area contributed by atoms with Crippen molar-refractivity contribution >= 4 is 11.7 Å². The van der Waals surface area contributed by atoms with Gasteiger partial charge in [0.05, 0.1) is 0 Å². The van der Waals surface area contributed by atoms with Crippen LogP contribution in [0.5, 0.6) is 0 Å². The molecule has 66 valence electrons. The third-order valence-electron chi connectivity index (χ3n) is 1.95. The summed E-state index contributed by atoms with van der Waals surface area (Å²) in [6, 6.07) is 9.56. The minimum absolute atomic E-state index is 0.266. The number of nitrogens with zero attached hydrogens (tertiary/aromatic N) is 1. The molecule has 1 aliphatic heterocycles. The van der Waals surface area contributed by atoms with Gasteiger partial charge in [-0.1, -0.05) is 24.8 Å². The number of para-hydroxylation sites is 1. The summed E-state index contributed by atoms with van der Waals surface area (Å²) in [5.41, 5.74) is 1.32. The number of carbonyl (C=O) groups is 1. The van der Waals surface area contributed by atoms with Gasteiger partial charge in [0.25, 0.3) is 0 Å². The van der Waals surface area contributed by atoms with Crippen LogP contribution in [0.3, 0.4) is 0 Å². The third kappa shape index (κ3) is 1.28. The van der Waals surface area contributed by atoms with Crippen LogP contribution in [0.2, 0.25) is 0 Å². The van der Waals surface area contributed by atoms with E-state index in [0.717, 1.165) is 5.69 Å². The fraction of sp³-hybridized carbons (Fsp3) is 0.100. The van der Waals surface area contributed by atoms with Gasteiger partial charge in [-0.15, -0.1) is 0 Å². The number of esters is 1. The first kappa shape index (κ1) is 7.86. The van der Waals surface area contributed by atoms with Gasteiger partial charge in [0.2, 0.25) is 0 Å². The van der Waals surface area contributed by atoms with E-state index in [1.165, 1.54) is 0 Å². The quantitative estimate of drug-likeness (QED) is 0.478. The van der Waals surface area contributed by atoms with Crippen LogP contribution < -0.4 is 4.90 Å². The maximum atomic E-state index is 11.0. The number of rotatable bonds is 1. The maximum Gasteiger partial charge on any atom is 0.356 e. The fourth-order valence-electron chi connectivity index (χ4n) is 1.23. The van der Waals surface area contributed by atoms with Gasteiger partial charge in [0.15, 0.2) is 6.73 Å². The van der Waals surface area contributed by atoms with Crippen molar-refractivity contribution in [3.63, 3.8) is 0 Å². The van der Waals surface area contributed by atoms with Crippen LogP contribution in [-0.2, 0) is 9.53 Å². The van der Waals surface area contributed by atoms with E-state index >= 15 is 0 Å². The molecule has 0 radical (unpaired) electrons. The highest BCUT2D eigenvalue weighted by atomic mass is 16.6. The van der Waals surface area contributed by atoms with Gasteiger partial charge in [0.1, 0.15) is 5.70 Å². The molecule has 13 heavy (non-hydrogen) atoms. The Labute approximate surface area is 76.2 Å². The van der Waals surface area contributed by atoms with E-state index in [-0.39, 0.29) is 12.7 Å². The molecule has 0 N–H and O–H groups in total. The molecule has 0 spiro atoms. The largest absolute Gasteiger partial charge is 0.439 e. The minimum atomic E-state index is -0.344. The summed E-state index contributed by atoms with van der Waals surface area (Å²) in [5.74, 6) is -0.344. The van der Waals surface area contributed by atoms with Crippen LogP contribution in [0.1, 0.15) is 0 Å². The SMILES string of the molecule is C=C1C(=O)OCN1c1ccccc1. The number of carbonyl (C=O) groups excluding carboxylic acids is 1. The first-order valence-electron chi connectivity index (χ1n) is 3.97. The van der Waals surface area contributed by atoms with E-state index in [0.29, 0.717) is 5.70 Å². The molecular weight excluding hydrogens is 166 g/mol. The van der Waals surface area contributed by atoms with Crippen molar-refractivity contribution in [1.29, 1.82) is 0 Å². The Bertz CT molecular complexity index is 345. The minimum Gasteiger partial charge on any atom is -0.439 e. The highest BCUT2D eigenvalue weighted by Crippen LogP contribution is 2.22. The van der Waals surface area contributed by atoms with Gasteiger partial charge in [-0.05, 0) is 12.1 Å². The second-order valence-electron chi connectivity index (χ2n) is 2.77. The Balaban J connectivity index is 2.29. The predicted octanol–water partition coefficient (Wildman–Crippen LogP) is 1.52. The zero-order valence-electron chi connectivity index (χ0n) is 7.06. The molecule has 0 saturated carbocycles. The predicted molar refractivity (Wildman–Crippen MR) is 49.0 cm³/mol. The maximum absolute atomic E-state index is 11.0. The van der Waals surface area contributed by atoms with E-state index in [1.54, 1.807) is 4.90 Å². The van der Waals surface area contributed by atoms with E-state index in [9.17, 15) is 4.79 Å². The number of anilines is 1. The Morgan fingerprint density at radius 2 is 2.00 bits per heavy atom. The van der Waals surface area contributed by atoms with E-state index in [2.05, 4.69) is 6.58 Å². The highest BCUT2D eigenvalue weighted by molar-refractivity contribution is 5.94.